The summed E-state index contributed by atoms with van der Waals surface area (Å²) in [6.45, 7) is 4.37. The summed E-state index contributed by atoms with van der Waals surface area (Å²) in [5, 5.41) is 6.83. The van der Waals surface area contributed by atoms with Gasteiger partial charge in [0.05, 0.1) is 18.8 Å². The van der Waals surface area contributed by atoms with E-state index in [9.17, 15) is 9.59 Å². The van der Waals surface area contributed by atoms with Crippen LogP contribution in [0.25, 0.3) is 5.65 Å². The molecular formula is C20H22N4O5. The average Bonchev–Trinajstić information content (AvgIpc) is 3.06. The number of nitrogens with zero attached hydrogens (tertiary/aromatic N) is 3. The first-order valence-electron chi connectivity index (χ1n) is 9.18. The van der Waals surface area contributed by atoms with Gasteiger partial charge < -0.3 is 19.5 Å². The lowest BCUT2D eigenvalue weighted by Crippen LogP contribution is -2.32. The van der Waals surface area contributed by atoms with Gasteiger partial charge in [0, 0.05) is 12.4 Å². The zero-order chi connectivity index (χ0) is 20.6. The van der Waals surface area contributed by atoms with Gasteiger partial charge in [-0.1, -0.05) is 0 Å². The third kappa shape index (κ3) is 5.22. The molecule has 3 rings (SSSR count). The van der Waals surface area contributed by atoms with Crippen molar-refractivity contribution in [2.45, 2.75) is 13.8 Å². The number of aromatic nitrogens is 3. The maximum absolute atomic E-state index is 12.3. The number of ether oxygens (including phenoxy) is 3. The van der Waals surface area contributed by atoms with Crippen LogP contribution in [0, 0.1) is 6.92 Å². The Morgan fingerprint density at radius 1 is 1.14 bits per heavy atom. The van der Waals surface area contributed by atoms with Gasteiger partial charge in [-0.15, -0.1) is 0 Å². The molecule has 0 radical (unpaired) electrons. The van der Waals surface area contributed by atoms with E-state index in [1.807, 2.05) is 19.1 Å². The van der Waals surface area contributed by atoms with E-state index in [0.29, 0.717) is 23.7 Å². The highest BCUT2D eigenvalue weighted by Crippen LogP contribution is 2.17. The Kier molecular flexibility index (Phi) is 6.62. The molecule has 0 bridgehead atoms. The van der Waals surface area contributed by atoms with Crippen molar-refractivity contribution in [3.63, 3.8) is 0 Å². The van der Waals surface area contributed by atoms with Crippen molar-refractivity contribution >= 4 is 17.5 Å². The normalized spacial score (nSPS) is 10.6. The summed E-state index contributed by atoms with van der Waals surface area (Å²) in [6, 6.07) is 8.92. The van der Waals surface area contributed by atoms with Crippen LogP contribution in [0.2, 0.25) is 0 Å². The van der Waals surface area contributed by atoms with Crippen molar-refractivity contribution in [1.82, 2.24) is 19.9 Å². The molecule has 0 atom stereocenters. The van der Waals surface area contributed by atoms with E-state index < -0.39 is 18.5 Å². The molecular weight excluding hydrogens is 376 g/mol. The van der Waals surface area contributed by atoms with Crippen molar-refractivity contribution < 1.29 is 23.8 Å². The first-order valence-corrected chi connectivity index (χ1v) is 9.18. The molecule has 152 valence electrons. The Morgan fingerprint density at radius 2 is 1.86 bits per heavy atom. The topological polar surface area (TPSA) is 104 Å². The van der Waals surface area contributed by atoms with Gasteiger partial charge >= 0.3 is 5.97 Å². The van der Waals surface area contributed by atoms with E-state index in [0.717, 1.165) is 5.75 Å². The number of esters is 1. The molecule has 29 heavy (non-hydrogen) atoms. The maximum Gasteiger partial charge on any atom is 0.344 e. The molecule has 0 aliphatic carbocycles. The summed E-state index contributed by atoms with van der Waals surface area (Å²) in [5.41, 5.74) is 1.12. The molecule has 2 aromatic heterocycles. The zero-order valence-electron chi connectivity index (χ0n) is 16.3. The lowest BCUT2D eigenvalue weighted by Gasteiger charge is -2.09. The van der Waals surface area contributed by atoms with Crippen LogP contribution in [-0.2, 0) is 9.53 Å². The second kappa shape index (κ2) is 9.54. The van der Waals surface area contributed by atoms with Gasteiger partial charge in [0.1, 0.15) is 23.7 Å². The predicted octanol–water partition coefficient (Wildman–Crippen LogP) is 1.79. The van der Waals surface area contributed by atoms with E-state index in [1.165, 1.54) is 4.52 Å². The summed E-state index contributed by atoms with van der Waals surface area (Å²) in [4.78, 5) is 28.3. The van der Waals surface area contributed by atoms with Crippen LogP contribution < -0.4 is 14.8 Å². The minimum Gasteiger partial charge on any atom is -0.494 e. The maximum atomic E-state index is 12.3. The van der Waals surface area contributed by atoms with E-state index >= 15 is 0 Å². The van der Waals surface area contributed by atoms with Gasteiger partial charge in [-0.3, -0.25) is 4.79 Å². The van der Waals surface area contributed by atoms with E-state index in [-0.39, 0.29) is 18.7 Å². The molecule has 0 spiro atoms. The largest absolute Gasteiger partial charge is 0.494 e. The average molecular weight is 398 g/mol. The van der Waals surface area contributed by atoms with Crippen molar-refractivity contribution in [3.8, 4) is 11.5 Å². The molecule has 0 saturated carbocycles. The van der Waals surface area contributed by atoms with E-state index in [4.69, 9.17) is 14.2 Å². The highest BCUT2D eigenvalue weighted by atomic mass is 16.5. The lowest BCUT2D eigenvalue weighted by atomic mass is 10.2. The minimum absolute atomic E-state index is 0.247. The lowest BCUT2D eigenvalue weighted by molar-refractivity contribution is -0.124. The fourth-order valence-electron chi connectivity index (χ4n) is 2.65. The molecule has 9 heteroatoms. The van der Waals surface area contributed by atoms with Gasteiger partial charge in [-0.25, -0.2) is 14.3 Å². The molecule has 1 aromatic carbocycles. The number of rotatable bonds is 9. The number of carbonyl (C=O) groups is 2. The highest BCUT2D eigenvalue weighted by Gasteiger charge is 2.20. The van der Waals surface area contributed by atoms with E-state index in [2.05, 4.69) is 15.4 Å². The van der Waals surface area contributed by atoms with Crippen LogP contribution in [-0.4, -0.2) is 52.8 Å². The standard InChI is InChI=1S/C20H22N4O5/c1-3-27-15-5-7-16(8-6-15)28-12-10-21-17(25)13-29-20(26)18-14(2)23-24-11-4-9-22-19(18)24/h4-9,11H,3,10,12-13H2,1-2H3,(H,21,25). The summed E-state index contributed by atoms with van der Waals surface area (Å²) in [6.07, 6.45) is 3.24. The van der Waals surface area contributed by atoms with Crippen LogP contribution in [0.1, 0.15) is 23.0 Å². The molecule has 9 nitrogen and oxygen atoms in total. The summed E-state index contributed by atoms with van der Waals surface area (Å²) < 4.78 is 17.5. The summed E-state index contributed by atoms with van der Waals surface area (Å²) in [7, 11) is 0. The number of nitrogens with one attached hydrogen (secondary N) is 1. The highest BCUT2D eigenvalue weighted by molar-refractivity contribution is 5.98. The zero-order valence-corrected chi connectivity index (χ0v) is 16.3. The number of hydrogen-bond donors (Lipinski definition) is 1. The van der Waals surface area contributed by atoms with Crippen LogP contribution in [0.5, 0.6) is 11.5 Å². The van der Waals surface area contributed by atoms with Gasteiger partial charge in [-0.05, 0) is 44.2 Å². The number of hydrogen-bond acceptors (Lipinski definition) is 7. The monoisotopic (exact) mass is 398 g/mol. The Bertz CT molecular complexity index is 984. The third-order valence-corrected chi connectivity index (χ3v) is 3.94. The van der Waals surface area contributed by atoms with Crippen molar-refractivity contribution in [2.75, 3.05) is 26.4 Å². The second-order valence-electron chi connectivity index (χ2n) is 6.03. The summed E-state index contributed by atoms with van der Waals surface area (Å²) in [5.74, 6) is 0.379. The molecule has 3 aromatic rings. The van der Waals surface area contributed by atoms with Gasteiger partial charge in [0.15, 0.2) is 12.3 Å². The molecule has 0 saturated heterocycles. The summed E-state index contributed by atoms with van der Waals surface area (Å²) >= 11 is 0. The second-order valence-corrected chi connectivity index (χ2v) is 6.03. The number of aryl methyl sites for hydroxylation is 1. The molecule has 1 N–H and O–H groups in total. The molecule has 0 aliphatic heterocycles. The van der Waals surface area contributed by atoms with Crippen molar-refractivity contribution in [2.24, 2.45) is 0 Å². The molecule has 0 fully saturated rings. The van der Waals surface area contributed by atoms with Crippen LogP contribution in [0.15, 0.2) is 42.7 Å². The van der Waals surface area contributed by atoms with E-state index in [1.54, 1.807) is 37.5 Å². The Morgan fingerprint density at radius 3 is 2.59 bits per heavy atom. The Labute approximate surface area is 167 Å². The molecule has 2 heterocycles. The third-order valence-electron chi connectivity index (χ3n) is 3.94. The fraction of sp³-hybridized carbons (Fsp3) is 0.300. The molecule has 0 unspecified atom stereocenters. The fourth-order valence-corrected chi connectivity index (χ4v) is 2.65. The van der Waals surface area contributed by atoms with Gasteiger partial charge in [-0.2, -0.15) is 5.10 Å². The first kappa shape index (κ1) is 20.1. The van der Waals surface area contributed by atoms with Crippen molar-refractivity contribution in [3.05, 3.63) is 54.0 Å². The SMILES string of the molecule is CCOc1ccc(OCCNC(=O)COC(=O)c2c(C)nn3cccnc23)cc1. The number of fused-ring (bicyclic) bond motifs is 1. The quantitative estimate of drug-likeness (QED) is 0.433. The number of benzene rings is 1. The van der Waals surface area contributed by atoms with Crippen molar-refractivity contribution in [1.29, 1.82) is 0 Å². The minimum atomic E-state index is -0.642. The van der Waals surface area contributed by atoms with Crippen LogP contribution >= 0.6 is 0 Å². The predicted molar refractivity (Wildman–Crippen MR) is 104 cm³/mol. The van der Waals surface area contributed by atoms with Crippen LogP contribution in [0.3, 0.4) is 0 Å². The molecule has 0 aliphatic rings. The Balaban J connectivity index is 1.40. The van der Waals surface area contributed by atoms with Crippen LogP contribution in [0.4, 0.5) is 0 Å². The number of amides is 1. The van der Waals surface area contributed by atoms with Gasteiger partial charge in [0.2, 0.25) is 0 Å². The smallest absolute Gasteiger partial charge is 0.344 e. The van der Waals surface area contributed by atoms with Gasteiger partial charge in [0.25, 0.3) is 5.91 Å². The Hall–Kier alpha value is -3.62. The molecule has 1 amide bonds. The first-order chi connectivity index (χ1) is 14.1. The number of carbonyl (C=O) groups excluding carboxylic acids is 2.